The van der Waals surface area contributed by atoms with Gasteiger partial charge in [-0.3, -0.25) is 5.32 Å². The molecule has 6 heteroatoms. The summed E-state index contributed by atoms with van der Waals surface area (Å²) in [5, 5.41) is 2.98. The maximum Gasteiger partial charge on any atom is 0.411 e. The number of ether oxygens (including phenoxy) is 2. The molecule has 17 heavy (non-hydrogen) atoms. The van der Waals surface area contributed by atoms with Crippen molar-refractivity contribution in [2.75, 3.05) is 12.4 Å². The van der Waals surface area contributed by atoms with Crippen LogP contribution in [0.3, 0.4) is 0 Å². The van der Waals surface area contributed by atoms with Gasteiger partial charge in [-0.05, 0) is 41.9 Å². The molecule has 0 aromatic heterocycles. The van der Waals surface area contributed by atoms with Crippen LogP contribution in [0.5, 0.6) is 5.75 Å². The monoisotopic (exact) mass is 321 g/mol. The normalized spacial score (nSPS) is 10.2. The second kappa shape index (κ2) is 6.12. The zero-order chi connectivity index (χ0) is 13.0. The Kier molecular flexibility index (Phi) is 5.08. The number of rotatable bonds is 3. The van der Waals surface area contributed by atoms with E-state index < -0.39 is 6.09 Å². The Labute approximate surface area is 113 Å². The number of hydrogen-bond acceptors (Lipinski definition) is 3. The highest BCUT2D eigenvalue weighted by molar-refractivity contribution is 9.10. The third kappa shape index (κ3) is 4.09. The molecule has 4 nitrogen and oxygen atoms in total. The third-order valence-electron chi connectivity index (χ3n) is 1.79. The highest BCUT2D eigenvalue weighted by atomic mass is 79.9. The van der Waals surface area contributed by atoms with Crippen LogP contribution < -0.4 is 10.1 Å². The molecule has 0 bridgehead atoms. The highest BCUT2D eigenvalue weighted by Gasteiger charge is 2.11. The van der Waals surface area contributed by atoms with Gasteiger partial charge in [-0.25, -0.2) is 4.79 Å². The standard InChI is InChI=1S/C11H13BrClNO3/c1-6(2)17-11(15)14-7-4-8(12)10(16-3)9(13)5-7/h4-6H,1-3H3,(H,14,15). The van der Waals surface area contributed by atoms with Crippen molar-refractivity contribution in [1.29, 1.82) is 0 Å². The smallest absolute Gasteiger partial charge is 0.411 e. The Balaban J connectivity index is 2.83. The Morgan fingerprint density at radius 1 is 1.47 bits per heavy atom. The minimum Gasteiger partial charge on any atom is -0.494 e. The van der Waals surface area contributed by atoms with Crippen LogP contribution in [0.2, 0.25) is 5.02 Å². The summed E-state index contributed by atoms with van der Waals surface area (Å²) in [6.07, 6.45) is -0.694. The van der Waals surface area contributed by atoms with Crippen molar-refractivity contribution in [2.24, 2.45) is 0 Å². The summed E-state index contributed by atoms with van der Waals surface area (Å²) >= 11 is 9.27. The minimum atomic E-state index is -0.520. The summed E-state index contributed by atoms with van der Waals surface area (Å²) in [4.78, 5) is 11.4. The molecule has 0 aliphatic rings. The molecule has 0 aliphatic heterocycles. The van der Waals surface area contributed by atoms with Gasteiger partial charge in [0.05, 0.1) is 22.7 Å². The average Bonchev–Trinajstić information content (AvgIpc) is 2.15. The molecule has 0 saturated carbocycles. The molecule has 94 valence electrons. The lowest BCUT2D eigenvalue weighted by Crippen LogP contribution is -2.17. The van der Waals surface area contributed by atoms with Gasteiger partial charge in [-0.1, -0.05) is 11.6 Å². The molecule has 0 spiro atoms. The molecule has 0 radical (unpaired) electrons. The van der Waals surface area contributed by atoms with Crippen molar-refractivity contribution in [2.45, 2.75) is 20.0 Å². The molecule has 1 N–H and O–H groups in total. The van der Waals surface area contributed by atoms with E-state index in [4.69, 9.17) is 21.1 Å². The minimum absolute atomic E-state index is 0.174. The van der Waals surface area contributed by atoms with Crippen molar-refractivity contribution in [3.05, 3.63) is 21.6 Å². The van der Waals surface area contributed by atoms with Gasteiger partial charge in [0.15, 0.2) is 5.75 Å². The first-order valence-corrected chi connectivity index (χ1v) is 6.11. The van der Waals surface area contributed by atoms with Crippen LogP contribution in [0.4, 0.5) is 10.5 Å². The van der Waals surface area contributed by atoms with E-state index in [-0.39, 0.29) is 6.10 Å². The van der Waals surface area contributed by atoms with Crippen molar-refractivity contribution in [3.8, 4) is 5.75 Å². The molecule has 0 saturated heterocycles. The lowest BCUT2D eigenvalue weighted by molar-refractivity contribution is 0.130. The first-order valence-electron chi connectivity index (χ1n) is 4.94. The Morgan fingerprint density at radius 2 is 2.12 bits per heavy atom. The van der Waals surface area contributed by atoms with Crippen LogP contribution in [0.1, 0.15) is 13.8 Å². The van der Waals surface area contributed by atoms with Gasteiger partial charge in [0.2, 0.25) is 0 Å². The maximum atomic E-state index is 11.4. The van der Waals surface area contributed by atoms with Gasteiger partial charge in [0.1, 0.15) is 0 Å². The molecule has 0 unspecified atom stereocenters. The molecule has 1 amide bonds. The predicted molar refractivity (Wildman–Crippen MR) is 70.9 cm³/mol. The molecule has 1 aromatic rings. The number of nitrogens with one attached hydrogen (secondary N) is 1. The van der Waals surface area contributed by atoms with Crippen molar-refractivity contribution < 1.29 is 14.3 Å². The highest BCUT2D eigenvalue weighted by Crippen LogP contribution is 2.35. The van der Waals surface area contributed by atoms with E-state index >= 15 is 0 Å². The Hall–Kier alpha value is -0.940. The second-order valence-corrected chi connectivity index (χ2v) is 4.81. The number of methoxy groups -OCH3 is 1. The van der Waals surface area contributed by atoms with Crippen LogP contribution in [0, 0.1) is 0 Å². The number of halogens is 2. The van der Waals surface area contributed by atoms with Gasteiger partial charge < -0.3 is 9.47 Å². The molecule has 1 aromatic carbocycles. The number of amides is 1. The van der Waals surface area contributed by atoms with Gasteiger partial charge >= 0.3 is 6.09 Å². The summed E-state index contributed by atoms with van der Waals surface area (Å²) in [5.41, 5.74) is 0.535. The van der Waals surface area contributed by atoms with E-state index in [9.17, 15) is 4.79 Å². The summed E-state index contributed by atoms with van der Waals surface area (Å²) in [5.74, 6) is 0.523. The van der Waals surface area contributed by atoms with E-state index in [1.807, 2.05) is 0 Å². The van der Waals surface area contributed by atoms with Crippen molar-refractivity contribution in [1.82, 2.24) is 0 Å². The van der Waals surface area contributed by atoms with E-state index in [1.165, 1.54) is 7.11 Å². The molecule has 0 atom stereocenters. The first kappa shape index (κ1) is 14.1. The maximum absolute atomic E-state index is 11.4. The van der Waals surface area contributed by atoms with Gasteiger partial charge in [0.25, 0.3) is 0 Å². The van der Waals surface area contributed by atoms with E-state index in [0.29, 0.717) is 20.9 Å². The van der Waals surface area contributed by atoms with Crippen molar-refractivity contribution >= 4 is 39.3 Å². The largest absolute Gasteiger partial charge is 0.494 e. The van der Waals surface area contributed by atoms with Crippen LogP contribution in [-0.2, 0) is 4.74 Å². The summed E-state index contributed by atoms with van der Waals surface area (Å²) < 4.78 is 10.7. The SMILES string of the molecule is COc1c(Cl)cc(NC(=O)OC(C)C)cc1Br. The number of anilines is 1. The predicted octanol–water partition coefficient (Wildman–Crippen LogP) is 4.07. The number of carbonyl (C=O) groups excluding carboxylic acids is 1. The van der Waals surface area contributed by atoms with E-state index in [2.05, 4.69) is 21.2 Å². The van der Waals surface area contributed by atoms with Gasteiger partial charge in [-0.15, -0.1) is 0 Å². The number of hydrogen-bond donors (Lipinski definition) is 1. The van der Waals surface area contributed by atoms with Crippen LogP contribution in [-0.4, -0.2) is 19.3 Å². The Morgan fingerprint density at radius 3 is 2.59 bits per heavy atom. The Bertz CT molecular complexity index is 400. The lowest BCUT2D eigenvalue weighted by Gasteiger charge is -2.12. The zero-order valence-corrected chi connectivity index (χ0v) is 12.1. The molecule has 0 heterocycles. The lowest BCUT2D eigenvalue weighted by atomic mass is 10.3. The fraction of sp³-hybridized carbons (Fsp3) is 0.364. The summed E-state index contributed by atoms with van der Waals surface area (Å²) in [6, 6.07) is 3.28. The summed E-state index contributed by atoms with van der Waals surface area (Å²) in [7, 11) is 1.52. The fourth-order valence-electron chi connectivity index (χ4n) is 1.19. The van der Waals surface area contributed by atoms with Gasteiger partial charge in [0, 0.05) is 5.69 Å². The first-order chi connectivity index (χ1) is 7.93. The fourth-order valence-corrected chi connectivity index (χ4v) is 2.22. The van der Waals surface area contributed by atoms with Crippen LogP contribution in [0.15, 0.2) is 16.6 Å². The van der Waals surface area contributed by atoms with E-state index in [0.717, 1.165) is 0 Å². The molecular weight excluding hydrogens is 309 g/mol. The van der Waals surface area contributed by atoms with Crippen LogP contribution in [0.25, 0.3) is 0 Å². The van der Waals surface area contributed by atoms with Crippen LogP contribution >= 0.6 is 27.5 Å². The molecule has 0 aliphatic carbocycles. The topological polar surface area (TPSA) is 47.6 Å². The number of benzene rings is 1. The second-order valence-electron chi connectivity index (χ2n) is 3.55. The quantitative estimate of drug-likeness (QED) is 0.912. The molecular formula is C11H13BrClNO3. The van der Waals surface area contributed by atoms with E-state index in [1.54, 1.807) is 26.0 Å². The summed E-state index contributed by atoms with van der Waals surface area (Å²) in [6.45, 7) is 3.55. The van der Waals surface area contributed by atoms with Crippen molar-refractivity contribution in [3.63, 3.8) is 0 Å². The van der Waals surface area contributed by atoms with Gasteiger partial charge in [-0.2, -0.15) is 0 Å². The molecule has 1 rings (SSSR count). The third-order valence-corrected chi connectivity index (χ3v) is 2.66. The molecule has 0 fully saturated rings. The number of carbonyl (C=O) groups is 1. The average molecular weight is 323 g/mol. The zero-order valence-electron chi connectivity index (χ0n) is 9.71.